The van der Waals surface area contributed by atoms with Gasteiger partial charge in [-0.25, -0.2) is 4.39 Å². The standard InChI is InChI=1S/C15H22FNOS/c1-18-15-8-3-11(9-14(15)16)10-17-12-4-6-13(19-2)7-5-12/h3,8-9,12-13,17H,4-7,10H2,1-2H3. The van der Waals surface area contributed by atoms with Gasteiger partial charge in [-0.2, -0.15) is 11.8 Å². The van der Waals surface area contributed by atoms with E-state index in [0.717, 1.165) is 17.4 Å². The van der Waals surface area contributed by atoms with Gasteiger partial charge >= 0.3 is 0 Å². The van der Waals surface area contributed by atoms with E-state index in [-0.39, 0.29) is 5.82 Å². The minimum Gasteiger partial charge on any atom is -0.494 e. The van der Waals surface area contributed by atoms with E-state index < -0.39 is 0 Å². The Bertz CT molecular complexity index is 405. The summed E-state index contributed by atoms with van der Waals surface area (Å²) in [5.41, 5.74) is 0.977. The fourth-order valence-electron chi connectivity index (χ4n) is 2.58. The van der Waals surface area contributed by atoms with Crippen molar-refractivity contribution in [2.75, 3.05) is 13.4 Å². The van der Waals surface area contributed by atoms with E-state index in [1.54, 1.807) is 12.1 Å². The summed E-state index contributed by atoms with van der Waals surface area (Å²) in [5.74, 6) is 0.0251. The molecule has 0 heterocycles. The quantitative estimate of drug-likeness (QED) is 0.892. The van der Waals surface area contributed by atoms with Crippen LogP contribution in [0.3, 0.4) is 0 Å². The highest BCUT2D eigenvalue weighted by atomic mass is 32.2. The highest BCUT2D eigenvalue weighted by molar-refractivity contribution is 7.99. The second-order valence-corrected chi connectivity index (χ2v) is 6.20. The Morgan fingerprint density at radius 3 is 2.63 bits per heavy atom. The van der Waals surface area contributed by atoms with Crippen molar-refractivity contribution in [1.29, 1.82) is 0 Å². The van der Waals surface area contributed by atoms with Crippen LogP contribution in [0.15, 0.2) is 18.2 Å². The summed E-state index contributed by atoms with van der Waals surface area (Å²) < 4.78 is 18.5. The van der Waals surface area contributed by atoms with Gasteiger partial charge in [0.1, 0.15) is 0 Å². The molecule has 1 saturated carbocycles. The molecule has 0 spiro atoms. The van der Waals surface area contributed by atoms with E-state index >= 15 is 0 Å². The Balaban J connectivity index is 1.81. The predicted molar refractivity (Wildman–Crippen MR) is 79.4 cm³/mol. The largest absolute Gasteiger partial charge is 0.494 e. The summed E-state index contributed by atoms with van der Waals surface area (Å²) in [6, 6.07) is 5.74. The average molecular weight is 283 g/mol. The summed E-state index contributed by atoms with van der Waals surface area (Å²) in [5, 5.41) is 4.36. The van der Waals surface area contributed by atoms with E-state index in [1.165, 1.54) is 32.8 Å². The molecule has 0 aliphatic heterocycles. The lowest BCUT2D eigenvalue weighted by Gasteiger charge is -2.28. The van der Waals surface area contributed by atoms with Crippen LogP contribution in [0.25, 0.3) is 0 Å². The van der Waals surface area contributed by atoms with Gasteiger partial charge in [-0.15, -0.1) is 0 Å². The molecule has 0 saturated heterocycles. The summed E-state index contributed by atoms with van der Waals surface area (Å²) >= 11 is 1.98. The molecule has 4 heteroatoms. The van der Waals surface area contributed by atoms with E-state index in [4.69, 9.17) is 4.74 Å². The second-order valence-electron chi connectivity index (χ2n) is 5.06. The summed E-state index contributed by atoms with van der Waals surface area (Å²) in [7, 11) is 1.49. The number of hydrogen-bond donors (Lipinski definition) is 1. The van der Waals surface area contributed by atoms with Crippen LogP contribution >= 0.6 is 11.8 Å². The number of benzene rings is 1. The molecule has 2 rings (SSSR count). The Kier molecular flexibility index (Phi) is 5.52. The molecule has 19 heavy (non-hydrogen) atoms. The van der Waals surface area contributed by atoms with Crippen LogP contribution in [0.5, 0.6) is 5.75 Å². The van der Waals surface area contributed by atoms with E-state index in [9.17, 15) is 4.39 Å². The SMILES string of the molecule is COc1ccc(CNC2CCC(SC)CC2)cc1F. The van der Waals surface area contributed by atoms with Crippen LogP contribution in [0.2, 0.25) is 0 Å². The predicted octanol–water partition coefficient (Wildman–Crippen LogP) is 3.60. The topological polar surface area (TPSA) is 21.3 Å². The lowest BCUT2D eigenvalue weighted by atomic mass is 9.95. The van der Waals surface area contributed by atoms with Gasteiger partial charge in [-0.3, -0.25) is 0 Å². The number of hydrogen-bond acceptors (Lipinski definition) is 3. The van der Waals surface area contributed by atoms with Gasteiger partial charge in [0.05, 0.1) is 7.11 Å². The Morgan fingerprint density at radius 2 is 2.05 bits per heavy atom. The number of thioether (sulfide) groups is 1. The van der Waals surface area contributed by atoms with Crippen LogP contribution in [-0.4, -0.2) is 24.7 Å². The van der Waals surface area contributed by atoms with Gasteiger partial charge in [-0.05, 0) is 49.6 Å². The number of rotatable bonds is 5. The number of ether oxygens (including phenoxy) is 1. The first kappa shape index (κ1) is 14.7. The van der Waals surface area contributed by atoms with Crippen molar-refractivity contribution in [1.82, 2.24) is 5.32 Å². The third-order valence-corrected chi connectivity index (χ3v) is 4.96. The third kappa shape index (κ3) is 4.11. The van der Waals surface area contributed by atoms with Crippen LogP contribution in [0.1, 0.15) is 31.2 Å². The number of nitrogens with one attached hydrogen (secondary N) is 1. The van der Waals surface area contributed by atoms with Gasteiger partial charge in [0.2, 0.25) is 0 Å². The highest BCUT2D eigenvalue weighted by Crippen LogP contribution is 2.27. The van der Waals surface area contributed by atoms with Gasteiger partial charge in [-0.1, -0.05) is 6.07 Å². The van der Waals surface area contributed by atoms with Crippen molar-refractivity contribution in [2.24, 2.45) is 0 Å². The number of methoxy groups -OCH3 is 1. The Hall–Kier alpha value is -0.740. The molecule has 1 aromatic carbocycles. The molecular formula is C15H22FNOS. The lowest BCUT2D eigenvalue weighted by molar-refractivity contribution is 0.376. The van der Waals surface area contributed by atoms with Crippen LogP contribution in [0.4, 0.5) is 4.39 Å². The van der Waals surface area contributed by atoms with E-state index in [0.29, 0.717) is 11.8 Å². The fourth-order valence-corrected chi connectivity index (χ4v) is 3.33. The zero-order chi connectivity index (χ0) is 13.7. The van der Waals surface area contributed by atoms with Crippen molar-refractivity contribution in [3.63, 3.8) is 0 Å². The smallest absolute Gasteiger partial charge is 0.165 e. The summed E-state index contributed by atoms with van der Waals surface area (Å²) in [6.45, 7) is 0.732. The second kappa shape index (κ2) is 7.15. The molecule has 0 unspecified atom stereocenters. The van der Waals surface area contributed by atoms with Crippen LogP contribution in [0, 0.1) is 5.82 Å². The van der Waals surface area contributed by atoms with Crippen molar-refractivity contribution >= 4 is 11.8 Å². The van der Waals surface area contributed by atoms with Crippen LogP contribution < -0.4 is 10.1 Å². The maximum Gasteiger partial charge on any atom is 0.165 e. The molecule has 1 fully saturated rings. The molecule has 0 atom stereocenters. The molecular weight excluding hydrogens is 261 g/mol. The molecule has 0 bridgehead atoms. The summed E-state index contributed by atoms with van der Waals surface area (Å²) in [6.07, 6.45) is 7.22. The Morgan fingerprint density at radius 1 is 1.32 bits per heavy atom. The van der Waals surface area contributed by atoms with Crippen molar-refractivity contribution in [3.05, 3.63) is 29.6 Å². The highest BCUT2D eigenvalue weighted by Gasteiger charge is 2.19. The molecule has 0 radical (unpaired) electrons. The molecule has 1 aliphatic carbocycles. The first-order valence-electron chi connectivity index (χ1n) is 6.81. The lowest BCUT2D eigenvalue weighted by Crippen LogP contribution is -2.33. The molecule has 2 nitrogen and oxygen atoms in total. The third-order valence-electron chi connectivity index (χ3n) is 3.82. The van der Waals surface area contributed by atoms with Crippen molar-refractivity contribution in [3.8, 4) is 5.75 Å². The molecule has 106 valence electrons. The summed E-state index contributed by atoms with van der Waals surface area (Å²) in [4.78, 5) is 0. The van der Waals surface area contributed by atoms with Crippen molar-refractivity contribution < 1.29 is 9.13 Å². The van der Waals surface area contributed by atoms with Gasteiger partial charge in [0.15, 0.2) is 11.6 Å². The molecule has 1 aromatic rings. The van der Waals surface area contributed by atoms with Gasteiger partial charge in [0.25, 0.3) is 0 Å². The minimum atomic E-state index is -0.284. The fraction of sp³-hybridized carbons (Fsp3) is 0.600. The monoisotopic (exact) mass is 283 g/mol. The molecule has 0 amide bonds. The van der Waals surface area contributed by atoms with Crippen LogP contribution in [-0.2, 0) is 6.54 Å². The molecule has 1 aliphatic rings. The van der Waals surface area contributed by atoms with Gasteiger partial charge in [0, 0.05) is 17.8 Å². The first-order chi connectivity index (χ1) is 9.22. The zero-order valence-corrected chi connectivity index (χ0v) is 12.4. The molecule has 0 aromatic heterocycles. The maximum absolute atomic E-state index is 13.6. The Labute approximate surface area is 119 Å². The first-order valence-corrected chi connectivity index (χ1v) is 8.10. The van der Waals surface area contributed by atoms with Crippen molar-refractivity contribution in [2.45, 2.75) is 43.5 Å². The normalized spacial score (nSPS) is 23.3. The zero-order valence-electron chi connectivity index (χ0n) is 11.6. The van der Waals surface area contributed by atoms with E-state index in [1.807, 2.05) is 17.8 Å². The average Bonchev–Trinajstić information content (AvgIpc) is 2.46. The minimum absolute atomic E-state index is 0.284. The van der Waals surface area contributed by atoms with Gasteiger partial charge < -0.3 is 10.1 Å². The van der Waals surface area contributed by atoms with E-state index in [2.05, 4.69) is 11.6 Å². The molecule has 1 N–H and O–H groups in total. The maximum atomic E-state index is 13.6. The number of halogens is 1.